The largest absolute Gasteiger partial charge is 0.311 e. The molecule has 1 heterocycles. The second-order valence-corrected chi connectivity index (χ2v) is 6.58. The van der Waals surface area contributed by atoms with Crippen molar-refractivity contribution in [1.29, 1.82) is 0 Å². The van der Waals surface area contributed by atoms with E-state index in [4.69, 9.17) is 0 Å². The van der Waals surface area contributed by atoms with Crippen molar-refractivity contribution in [3.63, 3.8) is 0 Å². The number of aromatic nitrogens is 1. The minimum Gasteiger partial charge on any atom is -0.311 e. The van der Waals surface area contributed by atoms with E-state index in [-0.39, 0.29) is 0 Å². The molecule has 2 bridgehead atoms. The molecule has 1 aromatic heterocycles. The summed E-state index contributed by atoms with van der Waals surface area (Å²) in [7, 11) is 0. The van der Waals surface area contributed by atoms with Gasteiger partial charge >= 0.3 is 0 Å². The Balaban J connectivity index is 1.68. The SMILES string of the molecule is CCCCNC12CCC(c3ccncc3)(CC1)CC2. The van der Waals surface area contributed by atoms with Crippen molar-refractivity contribution in [3.05, 3.63) is 30.1 Å². The zero-order chi connectivity index (χ0) is 13.2. The van der Waals surface area contributed by atoms with Gasteiger partial charge < -0.3 is 5.32 Å². The summed E-state index contributed by atoms with van der Waals surface area (Å²) in [5.74, 6) is 0. The van der Waals surface area contributed by atoms with Crippen LogP contribution in [0.4, 0.5) is 0 Å². The lowest BCUT2D eigenvalue weighted by atomic mass is 9.55. The fourth-order valence-electron chi connectivity index (χ4n) is 4.12. The van der Waals surface area contributed by atoms with Crippen LogP contribution >= 0.6 is 0 Å². The van der Waals surface area contributed by atoms with Gasteiger partial charge in [0, 0.05) is 17.9 Å². The third-order valence-corrected chi connectivity index (χ3v) is 5.57. The van der Waals surface area contributed by atoms with Gasteiger partial charge in [0.25, 0.3) is 0 Å². The number of unbranched alkanes of at least 4 members (excludes halogenated alkanes) is 1. The van der Waals surface area contributed by atoms with Crippen molar-refractivity contribution < 1.29 is 0 Å². The Kier molecular flexibility index (Phi) is 3.62. The Hall–Kier alpha value is -0.890. The van der Waals surface area contributed by atoms with Crippen LogP contribution in [0.3, 0.4) is 0 Å². The molecule has 0 radical (unpaired) electrons. The molecule has 3 aliphatic carbocycles. The second-order valence-electron chi connectivity index (χ2n) is 6.58. The Bertz CT molecular complexity index is 388. The quantitative estimate of drug-likeness (QED) is 0.812. The van der Waals surface area contributed by atoms with E-state index in [9.17, 15) is 0 Å². The number of nitrogens with zero attached hydrogens (tertiary/aromatic N) is 1. The minimum absolute atomic E-state index is 0.469. The normalized spacial score (nSPS) is 33.5. The van der Waals surface area contributed by atoms with Crippen LogP contribution in [0.25, 0.3) is 0 Å². The van der Waals surface area contributed by atoms with E-state index in [0.717, 1.165) is 0 Å². The van der Waals surface area contributed by atoms with Crippen LogP contribution in [-0.2, 0) is 5.41 Å². The minimum atomic E-state index is 0.469. The molecule has 0 atom stereocenters. The van der Waals surface area contributed by atoms with Crippen LogP contribution in [0.15, 0.2) is 24.5 Å². The molecule has 0 aliphatic heterocycles. The summed E-state index contributed by atoms with van der Waals surface area (Å²) in [5.41, 5.74) is 2.48. The Labute approximate surface area is 117 Å². The number of hydrogen-bond donors (Lipinski definition) is 1. The number of fused-ring (bicyclic) bond motifs is 3. The Morgan fingerprint density at radius 1 is 1.05 bits per heavy atom. The first-order valence-electron chi connectivity index (χ1n) is 7.94. The maximum atomic E-state index is 4.17. The summed E-state index contributed by atoms with van der Waals surface area (Å²) in [4.78, 5) is 4.17. The number of pyridine rings is 1. The zero-order valence-corrected chi connectivity index (χ0v) is 12.1. The highest BCUT2D eigenvalue weighted by Gasteiger charge is 2.48. The average Bonchev–Trinajstić information content (AvgIpc) is 2.50. The average molecular weight is 258 g/mol. The van der Waals surface area contributed by atoms with Gasteiger partial charge in [0.15, 0.2) is 0 Å². The molecule has 2 nitrogen and oxygen atoms in total. The first kappa shape index (κ1) is 13.1. The second kappa shape index (κ2) is 5.24. The molecule has 0 spiro atoms. The summed E-state index contributed by atoms with van der Waals surface area (Å²) in [5, 5.41) is 3.88. The van der Waals surface area contributed by atoms with Crippen LogP contribution in [0, 0.1) is 0 Å². The molecule has 0 saturated heterocycles. The van der Waals surface area contributed by atoms with E-state index in [1.54, 1.807) is 0 Å². The molecule has 0 aromatic carbocycles. The molecular formula is C17H26N2. The van der Waals surface area contributed by atoms with Gasteiger partial charge in [-0.3, -0.25) is 4.98 Å². The third-order valence-electron chi connectivity index (χ3n) is 5.57. The van der Waals surface area contributed by atoms with Crippen molar-refractivity contribution in [3.8, 4) is 0 Å². The van der Waals surface area contributed by atoms with Gasteiger partial charge in [0.05, 0.1) is 0 Å². The first-order valence-corrected chi connectivity index (χ1v) is 7.94. The molecule has 0 amide bonds. The molecule has 3 fully saturated rings. The van der Waals surface area contributed by atoms with Crippen LogP contribution in [0.5, 0.6) is 0 Å². The fraction of sp³-hybridized carbons (Fsp3) is 0.706. The van der Waals surface area contributed by atoms with Gasteiger partial charge in [-0.15, -0.1) is 0 Å². The lowest BCUT2D eigenvalue weighted by Gasteiger charge is -2.54. The van der Waals surface area contributed by atoms with Crippen LogP contribution < -0.4 is 5.32 Å². The van der Waals surface area contributed by atoms with E-state index >= 15 is 0 Å². The summed E-state index contributed by atoms with van der Waals surface area (Å²) in [6, 6.07) is 4.48. The molecule has 104 valence electrons. The predicted octanol–water partition coefficient (Wildman–Crippen LogP) is 3.82. The van der Waals surface area contributed by atoms with Crippen molar-refractivity contribution in [2.24, 2.45) is 0 Å². The van der Waals surface area contributed by atoms with Crippen molar-refractivity contribution in [1.82, 2.24) is 10.3 Å². The Morgan fingerprint density at radius 2 is 1.68 bits per heavy atom. The summed E-state index contributed by atoms with van der Waals surface area (Å²) >= 11 is 0. The van der Waals surface area contributed by atoms with E-state index in [1.807, 2.05) is 12.4 Å². The Morgan fingerprint density at radius 3 is 2.26 bits per heavy atom. The molecule has 3 saturated carbocycles. The highest BCUT2D eigenvalue weighted by Crippen LogP contribution is 2.53. The molecular weight excluding hydrogens is 232 g/mol. The van der Waals surface area contributed by atoms with Crippen molar-refractivity contribution in [2.45, 2.75) is 69.2 Å². The van der Waals surface area contributed by atoms with Gasteiger partial charge in [-0.2, -0.15) is 0 Å². The fourth-order valence-corrected chi connectivity index (χ4v) is 4.12. The standard InChI is InChI=1S/C17H26N2/c1-2-3-12-19-17-9-6-16(7-10-17,8-11-17)15-4-13-18-14-5-15/h4-5,13-14,19H,2-3,6-12H2,1H3. The number of hydrogen-bond acceptors (Lipinski definition) is 2. The lowest BCUT2D eigenvalue weighted by molar-refractivity contribution is 0.0771. The topological polar surface area (TPSA) is 24.9 Å². The van der Waals surface area contributed by atoms with Crippen LogP contribution in [-0.4, -0.2) is 17.1 Å². The maximum absolute atomic E-state index is 4.17. The molecule has 2 heteroatoms. The van der Waals surface area contributed by atoms with Gasteiger partial charge in [0.1, 0.15) is 0 Å². The van der Waals surface area contributed by atoms with E-state index in [0.29, 0.717) is 11.0 Å². The van der Waals surface area contributed by atoms with Crippen LogP contribution in [0.1, 0.15) is 63.9 Å². The monoisotopic (exact) mass is 258 g/mol. The molecule has 4 rings (SSSR count). The van der Waals surface area contributed by atoms with E-state index < -0.39 is 0 Å². The molecule has 3 aliphatic rings. The zero-order valence-electron chi connectivity index (χ0n) is 12.1. The molecule has 1 N–H and O–H groups in total. The number of nitrogens with one attached hydrogen (secondary N) is 1. The lowest BCUT2D eigenvalue weighted by Crippen LogP contribution is -2.56. The predicted molar refractivity (Wildman–Crippen MR) is 79.3 cm³/mol. The smallest absolute Gasteiger partial charge is 0.0270 e. The highest BCUT2D eigenvalue weighted by atomic mass is 15.0. The summed E-state index contributed by atoms with van der Waals surface area (Å²) in [6.45, 7) is 3.48. The van der Waals surface area contributed by atoms with Gasteiger partial charge in [-0.1, -0.05) is 13.3 Å². The van der Waals surface area contributed by atoms with Crippen molar-refractivity contribution >= 4 is 0 Å². The maximum Gasteiger partial charge on any atom is 0.0270 e. The molecule has 1 aromatic rings. The van der Waals surface area contributed by atoms with Gasteiger partial charge in [0.2, 0.25) is 0 Å². The van der Waals surface area contributed by atoms with Crippen molar-refractivity contribution in [2.75, 3.05) is 6.54 Å². The highest BCUT2D eigenvalue weighted by molar-refractivity contribution is 5.27. The van der Waals surface area contributed by atoms with E-state index in [1.165, 1.54) is 63.5 Å². The summed E-state index contributed by atoms with van der Waals surface area (Å²) < 4.78 is 0. The molecule has 19 heavy (non-hydrogen) atoms. The molecule has 0 unspecified atom stereocenters. The summed E-state index contributed by atoms with van der Waals surface area (Å²) in [6.07, 6.45) is 14.7. The van der Waals surface area contributed by atoms with Crippen LogP contribution in [0.2, 0.25) is 0 Å². The van der Waals surface area contributed by atoms with Gasteiger partial charge in [-0.25, -0.2) is 0 Å². The van der Waals surface area contributed by atoms with E-state index in [2.05, 4.69) is 29.4 Å². The first-order chi connectivity index (χ1) is 9.29. The van der Waals surface area contributed by atoms with Gasteiger partial charge in [-0.05, 0) is 74.6 Å². The third kappa shape index (κ3) is 2.43. The number of rotatable bonds is 5.